The van der Waals surface area contributed by atoms with E-state index in [-0.39, 0.29) is 33.1 Å². The van der Waals surface area contributed by atoms with Crippen molar-refractivity contribution in [2.24, 2.45) is 0 Å². The number of Topliss-reactive ketones (excluding diaryl/α,β-unsaturated/α-hetero) is 1. The predicted molar refractivity (Wildman–Crippen MR) is 172 cm³/mol. The summed E-state index contributed by atoms with van der Waals surface area (Å²) in [4.78, 5) is 40.6. The van der Waals surface area contributed by atoms with Crippen molar-refractivity contribution in [1.82, 2.24) is 16.0 Å². The third-order valence-electron chi connectivity index (χ3n) is 7.39. The predicted octanol–water partition coefficient (Wildman–Crippen LogP) is 4.14. The van der Waals surface area contributed by atoms with Gasteiger partial charge in [-0.05, 0) is 67.6 Å². The van der Waals surface area contributed by atoms with E-state index in [0.29, 0.717) is 12.0 Å². The number of nitrogens with zero attached hydrogens (tertiary/aromatic N) is 1. The molecule has 9 nitrogen and oxygen atoms in total. The van der Waals surface area contributed by atoms with E-state index in [1.165, 1.54) is 37.4 Å². The van der Waals surface area contributed by atoms with Gasteiger partial charge in [-0.25, -0.2) is 12.8 Å². The van der Waals surface area contributed by atoms with Gasteiger partial charge in [-0.15, -0.1) is 0 Å². The summed E-state index contributed by atoms with van der Waals surface area (Å²) in [6.45, 7) is 1.72. The van der Waals surface area contributed by atoms with Crippen molar-refractivity contribution < 1.29 is 27.2 Å². The fourth-order valence-corrected chi connectivity index (χ4v) is 6.12. The fraction of sp³-hybridized carbons (Fsp3) is 0.323. The minimum atomic E-state index is -3.73. The zero-order valence-electron chi connectivity index (χ0n) is 24.0. The summed E-state index contributed by atoms with van der Waals surface area (Å²) in [7, 11) is -2.41. The molecule has 0 aliphatic carbocycles. The standard InChI is InChI=1S/C31H34FIN4O5S/c1-19(21-9-11-24(32)12-10-21)34-30(39)22-16-23(18-25(17-22)37(2)43(3,41)42)31(40)36-27(15-20-7-5-4-6-8-20)29(38)26-13-14-28(33)35-26/h4-12,16-19,26-28,35H,13-15H2,1-3H3,(H,34,39)(H,36,40)/t19-,26-,27+,28-/m1/s1. The summed E-state index contributed by atoms with van der Waals surface area (Å²) in [5, 5.41) is 8.93. The molecule has 2 amide bonds. The van der Waals surface area contributed by atoms with Crippen LogP contribution in [-0.4, -0.2) is 55.5 Å². The second-order valence-electron chi connectivity index (χ2n) is 10.6. The third kappa shape index (κ3) is 8.61. The van der Waals surface area contributed by atoms with E-state index >= 15 is 0 Å². The molecule has 4 atom stereocenters. The fourth-order valence-electron chi connectivity index (χ4n) is 4.84. The van der Waals surface area contributed by atoms with Crippen molar-refractivity contribution >= 4 is 55.9 Å². The number of amides is 2. The molecular weight excluding hydrogens is 686 g/mol. The van der Waals surface area contributed by atoms with E-state index in [4.69, 9.17) is 0 Å². The van der Waals surface area contributed by atoms with Crippen molar-refractivity contribution in [3.8, 4) is 0 Å². The topological polar surface area (TPSA) is 125 Å². The lowest BCUT2D eigenvalue weighted by atomic mass is 9.96. The monoisotopic (exact) mass is 720 g/mol. The Morgan fingerprint density at radius 3 is 2.14 bits per heavy atom. The van der Waals surface area contributed by atoms with E-state index in [9.17, 15) is 27.2 Å². The SMILES string of the molecule is C[C@@H](NC(=O)c1cc(C(=O)N[C@@H](Cc2ccccc2)C(=O)[C@H]2CC[C@H](I)N2)cc(N(C)S(C)(=O)=O)c1)c1ccc(F)cc1. The maximum absolute atomic E-state index is 13.7. The number of carbonyl (C=O) groups excluding carboxylic acids is 3. The highest BCUT2D eigenvalue weighted by molar-refractivity contribution is 14.1. The molecule has 0 spiro atoms. The zero-order chi connectivity index (χ0) is 31.3. The van der Waals surface area contributed by atoms with Crippen LogP contribution in [0.2, 0.25) is 0 Å². The Hall–Kier alpha value is -3.36. The number of ketones is 1. The molecule has 1 saturated heterocycles. The first-order chi connectivity index (χ1) is 20.3. The molecule has 43 heavy (non-hydrogen) atoms. The Morgan fingerprint density at radius 1 is 0.977 bits per heavy atom. The van der Waals surface area contributed by atoms with Gasteiger partial charge in [0.05, 0.1) is 34.1 Å². The van der Waals surface area contributed by atoms with E-state index in [1.54, 1.807) is 19.1 Å². The number of alkyl halides is 1. The van der Waals surface area contributed by atoms with Gasteiger partial charge in [0.25, 0.3) is 11.8 Å². The average Bonchev–Trinajstić information content (AvgIpc) is 3.42. The van der Waals surface area contributed by atoms with Gasteiger partial charge in [0.15, 0.2) is 5.78 Å². The van der Waals surface area contributed by atoms with Crippen LogP contribution in [0.5, 0.6) is 0 Å². The summed E-state index contributed by atoms with van der Waals surface area (Å²) in [6, 6.07) is 17.3. The zero-order valence-corrected chi connectivity index (χ0v) is 27.0. The lowest BCUT2D eigenvalue weighted by Crippen LogP contribution is -2.49. The summed E-state index contributed by atoms with van der Waals surface area (Å²) in [5.74, 6) is -1.74. The quantitative estimate of drug-likeness (QED) is 0.156. The smallest absolute Gasteiger partial charge is 0.251 e. The van der Waals surface area contributed by atoms with Gasteiger partial charge >= 0.3 is 0 Å². The number of nitrogens with one attached hydrogen (secondary N) is 3. The molecular formula is C31H34FIN4O5S. The van der Waals surface area contributed by atoms with Gasteiger partial charge in [0.1, 0.15) is 5.82 Å². The van der Waals surface area contributed by atoms with Crippen LogP contribution in [0.25, 0.3) is 0 Å². The number of hydrogen-bond acceptors (Lipinski definition) is 6. The van der Waals surface area contributed by atoms with Gasteiger partial charge in [-0.3, -0.25) is 24.0 Å². The Balaban J connectivity index is 1.64. The van der Waals surface area contributed by atoms with Gasteiger partial charge in [0, 0.05) is 18.2 Å². The molecule has 228 valence electrons. The largest absolute Gasteiger partial charge is 0.346 e. The average molecular weight is 721 g/mol. The minimum Gasteiger partial charge on any atom is -0.346 e. The first kappa shape index (κ1) is 32.6. The molecule has 0 bridgehead atoms. The van der Waals surface area contributed by atoms with Crippen LogP contribution in [0.1, 0.15) is 57.7 Å². The van der Waals surface area contributed by atoms with Gasteiger partial charge < -0.3 is 10.6 Å². The first-order valence-corrected chi connectivity index (χ1v) is 16.8. The molecule has 3 aromatic carbocycles. The van der Waals surface area contributed by atoms with Crippen molar-refractivity contribution in [3.63, 3.8) is 0 Å². The maximum Gasteiger partial charge on any atom is 0.251 e. The second kappa shape index (κ2) is 14.0. The molecule has 1 aliphatic heterocycles. The summed E-state index contributed by atoms with van der Waals surface area (Å²) < 4.78 is 39.2. The molecule has 1 fully saturated rings. The highest BCUT2D eigenvalue weighted by Crippen LogP contribution is 2.23. The van der Waals surface area contributed by atoms with Crippen LogP contribution in [-0.2, 0) is 21.2 Å². The van der Waals surface area contributed by atoms with Crippen LogP contribution < -0.4 is 20.3 Å². The van der Waals surface area contributed by atoms with Crippen molar-refractivity contribution in [2.45, 2.75) is 48.4 Å². The third-order valence-corrected chi connectivity index (χ3v) is 9.57. The molecule has 1 heterocycles. The van der Waals surface area contributed by atoms with E-state index < -0.39 is 45.8 Å². The number of hydrogen-bond donors (Lipinski definition) is 3. The maximum atomic E-state index is 13.7. The molecule has 1 aliphatic rings. The summed E-state index contributed by atoms with van der Waals surface area (Å²) >= 11 is 2.24. The molecule has 0 radical (unpaired) electrons. The van der Waals surface area contributed by atoms with Crippen LogP contribution in [0.3, 0.4) is 0 Å². The summed E-state index contributed by atoms with van der Waals surface area (Å²) in [5.41, 5.74) is 1.69. The van der Waals surface area contributed by atoms with Crippen LogP contribution in [0, 0.1) is 5.82 Å². The Bertz CT molecular complexity index is 1590. The van der Waals surface area contributed by atoms with Gasteiger partial charge in [-0.1, -0.05) is 65.1 Å². The Labute approximate surface area is 264 Å². The van der Waals surface area contributed by atoms with Crippen LogP contribution in [0.4, 0.5) is 10.1 Å². The van der Waals surface area contributed by atoms with E-state index in [2.05, 4.69) is 38.5 Å². The highest BCUT2D eigenvalue weighted by Gasteiger charge is 2.33. The number of halogens is 2. The number of carbonyl (C=O) groups is 3. The number of rotatable bonds is 11. The Morgan fingerprint density at radius 2 is 1.58 bits per heavy atom. The molecule has 0 aromatic heterocycles. The van der Waals surface area contributed by atoms with E-state index in [0.717, 1.165) is 22.5 Å². The molecule has 3 N–H and O–H groups in total. The molecule has 0 unspecified atom stereocenters. The normalized spacial score (nSPS) is 18.0. The minimum absolute atomic E-state index is 0.0181. The van der Waals surface area contributed by atoms with Crippen molar-refractivity contribution in [2.75, 3.05) is 17.6 Å². The van der Waals surface area contributed by atoms with E-state index in [1.807, 2.05) is 30.3 Å². The highest BCUT2D eigenvalue weighted by atomic mass is 127. The van der Waals surface area contributed by atoms with Gasteiger partial charge in [-0.2, -0.15) is 0 Å². The molecule has 4 rings (SSSR count). The lowest BCUT2D eigenvalue weighted by molar-refractivity contribution is -0.122. The lowest BCUT2D eigenvalue weighted by Gasteiger charge is -2.23. The second-order valence-corrected chi connectivity index (χ2v) is 14.1. The van der Waals surface area contributed by atoms with Crippen LogP contribution in [0.15, 0.2) is 72.8 Å². The number of anilines is 1. The molecule has 12 heteroatoms. The number of sulfonamides is 1. The van der Waals surface area contributed by atoms with Crippen LogP contribution >= 0.6 is 22.6 Å². The van der Waals surface area contributed by atoms with Gasteiger partial charge in [0.2, 0.25) is 10.0 Å². The number of benzene rings is 3. The Kier molecular flexibility index (Phi) is 10.6. The molecule has 0 saturated carbocycles. The molecule has 3 aromatic rings. The summed E-state index contributed by atoms with van der Waals surface area (Å²) in [6.07, 6.45) is 2.76. The van der Waals surface area contributed by atoms with Crippen molar-refractivity contribution in [3.05, 3.63) is 101 Å². The van der Waals surface area contributed by atoms with Crippen molar-refractivity contribution in [1.29, 1.82) is 0 Å². The first-order valence-electron chi connectivity index (χ1n) is 13.8.